The fraction of sp³-hybridized carbons (Fsp3) is 0.417. The van der Waals surface area contributed by atoms with Crippen LogP contribution in [0.2, 0.25) is 0 Å². The van der Waals surface area contributed by atoms with Crippen LogP contribution in [0.4, 0.5) is 0 Å². The van der Waals surface area contributed by atoms with Gasteiger partial charge in [-0.15, -0.1) is 11.3 Å². The first kappa shape index (κ1) is 10.1. The molecule has 1 fully saturated rings. The first-order valence-electron chi connectivity index (χ1n) is 5.46. The first-order chi connectivity index (χ1) is 7.84. The molecule has 1 aliphatic carbocycles. The van der Waals surface area contributed by atoms with Crippen LogP contribution in [0.1, 0.15) is 25.0 Å². The van der Waals surface area contributed by atoms with Crippen molar-refractivity contribution in [1.29, 1.82) is 0 Å². The molecule has 0 bridgehead atoms. The number of hydrogen-bond donors (Lipinski definition) is 1. The zero-order valence-corrected chi connectivity index (χ0v) is 9.67. The van der Waals surface area contributed by atoms with Crippen molar-refractivity contribution in [3.63, 3.8) is 0 Å². The smallest absolute Gasteiger partial charge is 0.177 e. The lowest BCUT2D eigenvalue weighted by Gasteiger charge is -2.38. The highest BCUT2D eigenvalue weighted by molar-refractivity contribution is 7.13. The van der Waals surface area contributed by atoms with Gasteiger partial charge >= 0.3 is 0 Å². The van der Waals surface area contributed by atoms with Crippen LogP contribution in [0.15, 0.2) is 28.1 Å². The fourth-order valence-electron chi connectivity index (χ4n) is 2.16. The van der Waals surface area contributed by atoms with Gasteiger partial charge in [0.2, 0.25) is 0 Å². The normalized spacial score (nSPS) is 18.3. The summed E-state index contributed by atoms with van der Waals surface area (Å²) in [6.45, 7) is 0.170. The second kappa shape index (κ2) is 3.71. The summed E-state index contributed by atoms with van der Waals surface area (Å²) in [6.07, 6.45) is 3.20. The zero-order valence-electron chi connectivity index (χ0n) is 8.85. The third-order valence-corrected chi connectivity index (χ3v) is 4.32. The van der Waals surface area contributed by atoms with Gasteiger partial charge in [-0.1, -0.05) is 17.6 Å². The van der Waals surface area contributed by atoms with Crippen molar-refractivity contribution in [2.75, 3.05) is 6.61 Å². The Labute approximate surface area is 97.7 Å². The Morgan fingerprint density at radius 3 is 2.94 bits per heavy atom. The van der Waals surface area contributed by atoms with E-state index in [1.165, 1.54) is 6.42 Å². The Morgan fingerprint density at radius 2 is 2.38 bits per heavy atom. The van der Waals surface area contributed by atoms with E-state index < -0.39 is 0 Å². The van der Waals surface area contributed by atoms with Crippen LogP contribution in [0.5, 0.6) is 0 Å². The van der Waals surface area contributed by atoms with Crippen molar-refractivity contribution in [2.45, 2.75) is 24.7 Å². The van der Waals surface area contributed by atoms with E-state index in [1.807, 2.05) is 23.6 Å². The molecule has 0 unspecified atom stereocenters. The quantitative estimate of drug-likeness (QED) is 0.889. The van der Waals surface area contributed by atoms with E-state index in [2.05, 4.69) is 5.16 Å². The molecule has 3 nitrogen and oxygen atoms in total. The van der Waals surface area contributed by atoms with Gasteiger partial charge in [0, 0.05) is 11.5 Å². The first-order valence-corrected chi connectivity index (χ1v) is 6.34. The summed E-state index contributed by atoms with van der Waals surface area (Å²) < 4.78 is 5.34. The van der Waals surface area contributed by atoms with E-state index in [4.69, 9.17) is 4.52 Å². The molecule has 2 heterocycles. The van der Waals surface area contributed by atoms with E-state index in [0.29, 0.717) is 0 Å². The Kier molecular flexibility index (Phi) is 2.33. The zero-order chi connectivity index (χ0) is 11.0. The lowest BCUT2D eigenvalue weighted by molar-refractivity contribution is 0.113. The van der Waals surface area contributed by atoms with E-state index in [1.54, 1.807) is 11.3 Å². The van der Waals surface area contributed by atoms with Gasteiger partial charge in [-0.2, -0.15) is 0 Å². The van der Waals surface area contributed by atoms with Crippen molar-refractivity contribution >= 4 is 11.3 Å². The van der Waals surface area contributed by atoms with E-state index in [0.717, 1.165) is 29.2 Å². The molecule has 2 aromatic rings. The minimum atomic E-state index is -0.126. The monoisotopic (exact) mass is 235 g/mol. The van der Waals surface area contributed by atoms with Crippen LogP contribution in [0.25, 0.3) is 10.6 Å². The van der Waals surface area contributed by atoms with Crippen molar-refractivity contribution in [2.24, 2.45) is 0 Å². The SMILES string of the molecule is OCC1(c2cc(-c3cccs3)on2)CCC1. The lowest BCUT2D eigenvalue weighted by atomic mass is 9.67. The standard InChI is InChI=1S/C12H13NO2S/c14-8-12(4-2-5-12)11-7-9(15-13-11)10-3-1-6-16-10/h1,3,6-7,14H,2,4-5,8H2. The molecule has 1 aliphatic rings. The van der Waals surface area contributed by atoms with Crippen molar-refractivity contribution in [3.05, 3.63) is 29.3 Å². The molecule has 0 saturated heterocycles. The summed E-state index contributed by atoms with van der Waals surface area (Å²) in [6, 6.07) is 5.98. The van der Waals surface area contributed by atoms with Crippen LogP contribution in [0.3, 0.4) is 0 Å². The van der Waals surface area contributed by atoms with Crippen molar-refractivity contribution in [1.82, 2.24) is 5.16 Å². The number of hydrogen-bond acceptors (Lipinski definition) is 4. The molecular formula is C12H13NO2S. The van der Waals surface area contributed by atoms with Crippen LogP contribution in [0, 0.1) is 0 Å². The average molecular weight is 235 g/mol. The van der Waals surface area contributed by atoms with Crippen molar-refractivity contribution in [3.8, 4) is 10.6 Å². The molecule has 0 radical (unpaired) electrons. The van der Waals surface area contributed by atoms with Crippen LogP contribution in [-0.4, -0.2) is 16.9 Å². The molecule has 0 spiro atoms. The van der Waals surface area contributed by atoms with Crippen molar-refractivity contribution < 1.29 is 9.63 Å². The molecule has 0 aliphatic heterocycles. The molecule has 4 heteroatoms. The van der Waals surface area contributed by atoms with E-state index >= 15 is 0 Å². The Balaban J connectivity index is 1.93. The number of thiophene rings is 1. The number of rotatable bonds is 3. The number of nitrogens with zero attached hydrogens (tertiary/aromatic N) is 1. The average Bonchev–Trinajstić information content (AvgIpc) is 2.86. The van der Waals surface area contributed by atoms with Gasteiger partial charge in [0.05, 0.1) is 17.2 Å². The van der Waals surface area contributed by atoms with Gasteiger partial charge in [-0.25, -0.2) is 0 Å². The van der Waals surface area contributed by atoms with Crippen LogP contribution >= 0.6 is 11.3 Å². The summed E-state index contributed by atoms with van der Waals surface area (Å²) in [5.41, 5.74) is 0.781. The molecule has 1 saturated carbocycles. The predicted octanol–water partition coefficient (Wildman–Crippen LogP) is 2.82. The summed E-state index contributed by atoms with van der Waals surface area (Å²) in [4.78, 5) is 1.09. The minimum Gasteiger partial charge on any atom is -0.395 e. The third kappa shape index (κ3) is 1.41. The fourth-order valence-corrected chi connectivity index (χ4v) is 2.83. The molecule has 0 aromatic carbocycles. The molecular weight excluding hydrogens is 222 g/mol. The molecule has 3 rings (SSSR count). The number of aliphatic hydroxyl groups excluding tert-OH is 1. The highest BCUT2D eigenvalue weighted by Crippen LogP contribution is 2.43. The van der Waals surface area contributed by atoms with Gasteiger partial charge in [-0.05, 0) is 24.3 Å². The number of aliphatic hydroxyl groups is 1. The Morgan fingerprint density at radius 1 is 1.50 bits per heavy atom. The van der Waals surface area contributed by atoms with Crippen LogP contribution in [-0.2, 0) is 5.41 Å². The molecule has 1 N–H and O–H groups in total. The van der Waals surface area contributed by atoms with Crippen LogP contribution < -0.4 is 0 Å². The molecule has 2 aromatic heterocycles. The highest BCUT2D eigenvalue weighted by Gasteiger charge is 2.40. The second-order valence-corrected chi connectivity index (χ2v) is 5.29. The van der Waals surface area contributed by atoms with Gasteiger partial charge in [-0.3, -0.25) is 0 Å². The minimum absolute atomic E-state index is 0.126. The maximum atomic E-state index is 9.45. The summed E-state index contributed by atoms with van der Waals surface area (Å²) in [5, 5.41) is 15.6. The molecule has 84 valence electrons. The van der Waals surface area contributed by atoms with E-state index in [-0.39, 0.29) is 12.0 Å². The topological polar surface area (TPSA) is 46.3 Å². The Bertz CT molecular complexity index is 465. The maximum Gasteiger partial charge on any atom is 0.177 e. The lowest BCUT2D eigenvalue weighted by Crippen LogP contribution is -2.38. The van der Waals surface area contributed by atoms with E-state index in [9.17, 15) is 5.11 Å². The van der Waals surface area contributed by atoms with Gasteiger partial charge in [0.25, 0.3) is 0 Å². The Hall–Kier alpha value is -1.13. The van der Waals surface area contributed by atoms with Gasteiger partial charge in [0.15, 0.2) is 5.76 Å². The number of aromatic nitrogens is 1. The molecule has 0 amide bonds. The molecule has 0 atom stereocenters. The third-order valence-electron chi connectivity index (χ3n) is 3.43. The maximum absolute atomic E-state index is 9.45. The summed E-state index contributed by atoms with van der Waals surface area (Å²) in [5.74, 6) is 0.810. The summed E-state index contributed by atoms with van der Waals surface area (Å²) >= 11 is 1.64. The second-order valence-electron chi connectivity index (χ2n) is 4.35. The van der Waals surface area contributed by atoms with Gasteiger partial charge < -0.3 is 9.63 Å². The van der Waals surface area contributed by atoms with Gasteiger partial charge in [0.1, 0.15) is 0 Å². The predicted molar refractivity (Wildman–Crippen MR) is 62.4 cm³/mol. The highest BCUT2D eigenvalue weighted by atomic mass is 32.1. The largest absolute Gasteiger partial charge is 0.395 e. The molecule has 16 heavy (non-hydrogen) atoms. The summed E-state index contributed by atoms with van der Waals surface area (Å²) in [7, 11) is 0.